The fourth-order valence-corrected chi connectivity index (χ4v) is 2.58. The molecule has 2 rings (SSSR count). The number of carboxylic acid groups (broad SMARTS) is 1. The third-order valence-electron chi connectivity index (χ3n) is 3.44. The van der Waals surface area contributed by atoms with Gasteiger partial charge >= 0.3 is 11.9 Å². The third kappa shape index (κ3) is 4.47. The van der Waals surface area contributed by atoms with Gasteiger partial charge in [0.1, 0.15) is 18.7 Å². The largest absolute Gasteiger partial charge is 0.480 e. The molecule has 0 aliphatic carbocycles. The number of fused-ring (bicyclic) bond motifs is 1. The van der Waals surface area contributed by atoms with E-state index in [1.54, 1.807) is 49.9 Å². The summed E-state index contributed by atoms with van der Waals surface area (Å²) >= 11 is 0. The summed E-state index contributed by atoms with van der Waals surface area (Å²) in [6.07, 6.45) is 0.130. The predicted molar refractivity (Wildman–Crippen MR) is 89.1 cm³/mol. The van der Waals surface area contributed by atoms with E-state index in [-0.39, 0.29) is 32.0 Å². The summed E-state index contributed by atoms with van der Waals surface area (Å²) < 4.78 is 5.30. The average molecular weight is 334 g/mol. The molecule has 0 unspecified atom stereocenters. The van der Waals surface area contributed by atoms with Crippen LogP contribution < -0.4 is 9.80 Å². The standard InChI is InChI=1S/C17H22N2O5/c1-17(2,3)24-16(23)11-19-13-7-5-4-6-12(13)18(10-15(21)22)9-8-14(19)20/h4-7H,8-11H2,1-3H3,(H,21,22). The number of aliphatic carboxylic acids is 1. The summed E-state index contributed by atoms with van der Waals surface area (Å²) in [6, 6.07) is 6.98. The smallest absolute Gasteiger partial charge is 0.326 e. The van der Waals surface area contributed by atoms with Gasteiger partial charge in [0.2, 0.25) is 5.91 Å². The van der Waals surface area contributed by atoms with E-state index >= 15 is 0 Å². The summed E-state index contributed by atoms with van der Waals surface area (Å²) in [6.45, 7) is 5.17. The first-order chi connectivity index (χ1) is 11.2. The van der Waals surface area contributed by atoms with Gasteiger partial charge in [-0.15, -0.1) is 0 Å². The van der Waals surface area contributed by atoms with Gasteiger partial charge in [-0.1, -0.05) is 12.1 Å². The number of para-hydroxylation sites is 2. The van der Waals surface area contributed by atoms with E-state index in [1.807, 2.05) is 0 Å². The highest BCUT2D eigenvalue weighted by molar-refractivity contribution is 6.02. The summed E-state index contributed by atoms with van der Waals surface area (Å²) in [7, 11) is 0. The third-order valence-corrected chi connectivity index (χ3v) is 3.44. The Morgan fingerprint density at radius 3 is 2.38 bits per heavy atom. The number of hydrogen-bond donors (Lipinski definition) is 1. The minimum Gasteiger partial charge on any atom is -0.480 e. The number of rotatable bonds is 4. The van der Waals surface area contributed by atoms with Crippen molar-refractivity contribution in [2.75, 3.05) is 29.4 Å². The van der Waals surface area contributed by atoms with Crippen LogP contribution in [0, 0.1) is 0 Å². The van der Waals surface area contributed by atoms with Gasteiger partial charge in [-0.05, 0) is 32.9 Å². The van der Waals surface area contributed by atoms with Gasteiger partial charge in [-0.2, -0.15) is 0 Å². The molecule has 0 spiro atoms. The highest BCUT2D eigenvalue weighted by Gasteiger charge is 2.29. The van der Waals surface area contributed by atoms with Gasteiger partial charge in [0, 0.05) is 13.0 Å². The van der Waals surface area contributed by atoms with Crippen LogP contribution in [0.4, 0.5) is 11.4 Å². The van der Waals surface area contributed by atoms with Crippen LogP contribution in [0.1, 0.15) is 27.2 Å². The lowest BCUT2D eigenvalue weighted by Crippen LogP contribution is -2.38. The summed E-state index contributed by atoms with van der Waals surface area (Å²) in [5.41, 5.74) is 0.502. The van der Waals surface area contributed by atoms with E-state index in [2.05, 4.69) is 0 Å². The van der Waals surface area contributed by atoms with Gasteiger partial charge in [-0.3, -0.25) is 19.3 Å². The zero-order valence-electron chi connectivity index (χ0n) is 14.1. The molecule has 130 valence electrons. The first-order valence-electron chi connectivity index (χ1n) is 7.75. The van der Waals surface area contributed by atoms with E-state index in [1.165, 1.54) is 4.90 Å². The zero-order valence-corrected chi connectivity index (χ0v) is 14.1. The first kappa shape index (κ1) is 17.8. The quantitative estimate of drug-likeness (QED) is 0.843. The van der Waals surface area contributed by atoms with Gasteiger partial charge in [0.15, 0.2) is 0 Å². The van der Waals surface area contributed by atoms with Crippen molar-refractivity contribution in [3.63, 3.8) is 0 Å². The Bertz CT molecular complexity index is 651. The van der Waals surface area contributed by atoms with Crippen molar-refractivity contribution < 1.29 is 24.2 Å². The number of carboxylic acids is 1. The predicted octanol–water partition coefficient (Wildman–Crippen LogP) is 1.66. The molecule has 1 aromatic rings. The SMILES string of the molecule is CC(C)(C)OC(=O)CN1C(=O)CCN(CC(=O)O)c2ccccc21. The van der Waals surface area contributed by atoms with Crippen LogP contribution in [-0.2, 0) is 19.1 Å². The molecule has 1 aromatic carbocycles. The number of benzene rings is 1. The highest BCUT2D eigenvalue weighted by Crippen LogP contribution is 2.32. The van der Waals surface area contributed by atoms with Crippen LogP contribution in [-0.4, -0.2) is 48.2 Å². The van der Waals surface area contributed by atoms with Crippen LogP contribution in [0.3, 0.4) is 0 Å². The Kier molecular flexibility index (Phi) is 5.11. The number of carbonyl (C=O) groups is 3. The first-order valence-corrected chi connectivity index (χ1v) is 7.75. The normalized spacial score (nSPS) is 14.9. The van der Waals surface area contributed by atoms with Gasteiger partial charge in [0.25, 0.3) is 0 Å². The number of hydrogen-bond acceptors (Lipinski definition) is 5. The second-order valence-electron chi connectivity index (χ2n) is 6.62. The second kappa shape index (κ2) is 6.90. The molecule has 1 amide bonds. The summed E-state index contributed by atoms with van der Waals surface area (Å²) in [4.78, 5) is 38.7. The number of nitrogens with zero attached hydrogens (tertiary/aromatic N) is 2. The maximum atomic E-state index is 12.5. The molecule has 1 heterocycles. The molecule has 1 N–H and O–H groups in total. The number of anilines is 2. The molecule has 0 aromatic heterocycles. The Labute approximate surface area is 140 Å². The molecule has 1 aliphatic heterocycles. The topological polar surface area (TPSA) is 87.2 Å². The minimum atomic E-state index is -0.974. The van der Waals surface area contributed by atoms with Gasteiger partial charge < -0.3 is 14.7 Å². The Hall–Kier alpha value is -2.57. The molecule has 0 bridgehead atoms. The lowest BCUT2D eigenvalue weighted by molar-refractivity contribution is -0.153. The molecule has 7 nitrogen and oxygen atoms in total. The van der Waals surface area contributed by atoms with Crippen molar-refractivity contribution in [3.8, 4) is 0 Å². The molecule has 0 atom stereocenters. The zero-order chi connectivity index (χ0) is 17.9. The molecule has 0 saturated carbocycles. The van der Waals surface area contributed by atoms with Crippen LogP contribution >= 0.6 is 0 Å². The van der Waals surface area contributed by atoms with E-state index in [9.17, 15) is 14.4 Å². The molecule has 0 radical (unpaired) electrons. The number of amides is 1. The molecule has 7 heteroatoms. The summed E-state index contributed by atoms with van der Waals surface area (Å²) in [5.74, 6) is -1.71. The van der Waals surface area contributed by atoms with Crippen molar-refractivity contribution in [1.82, 2.24) is 0 Å². The number of esters is 1. The van der Waals surface area contributed by atoms with Crippen molar-refractivity contribution in [2.45, 2.75) is 32.8 Å². The van der Waals surface area contributed by atoms with Crippen molar-refractivity contribution in [3.05, 3.63) is 24.3 Å². The van der Waals surface area contributed by atoms with Crippen LogP contribution in [0.25, 0.3) is 0 Å². The van der Waals surface area contributed by atoms with Crippen molar-refractivity contribution in [1.29, 1.82) is 0 Å². The fourth-order valence-electron chi connectivity index (χ4n) is 2.58. The molecule has 0 saturated heterocycles. The number of carbonyl (C=O) groups excluding carboxylic acids is 2. The van der Waals surface area contributed by atoms with E-state index in [0.29, 0.717) is 11.4 Å². The molecule has 1 aliphatic rings. The minimum absolute atomic E-state index is 0.130. The molecular formula is C17H22N2O5. The fraction of sp³-hybridized carbons (Fsp3) is 0.471. The van der Waals surface area contributed by atoms with Crippen molar-refractivity contribution in [2.24, 2.45) is 0 Å². The van der Waals surface area contributed by atoms with Gasteiger partial charge in [-0.25, -0.2) is 0 Å². The van der Waals surface area contributed by atoms with Crippen molar-refractivity contribution >= 4 is 29.2 Å². The Balaban J connectivity index is 2.31. The lowest BCUT2D eigenvalue weighted by atomic mass is 10.2. The number of ether oxygens (including phenoxy) is 1. The van der Waals surface area contributed by atoms with Crippen LogP contribution in [0.5, 0.6) is 0 Å². The average Bonchev–Trinajstić information content (AvgIpc) is 2.57. The van der Waals surface area contributed by atoms with E-state index in [0.717, 1.165) is 0 Å². The second-order valence-corrected chi connectivity index (χ2v) is 6.62. The molecule has 24 heavy (non-hydrogen) atoms. The van der Waals surface area contributed by atoms with E-state index in [4.69, 9.17) is 9.84 Å². The van der Waals surface area contributed by atoms with Crippen LogP contribution in [0.15, 0.2) is 24.3 Å². The maximum Gasteiger partial charge on any atom is 0.326 e. The van der Waals surface area contributed by atoms with Crippen LogP contribution in [0.2, 0.25) is 0 Å². The van der Waals surface area contributed by atoms with E-state index < -0.39 is 17.5 Å². The lowest BCUT2D eigenvalue weighted by Gasteiger charge is -2.26. The molecular weight excluding hydrogens is 312 g/mol. The summed E-state index contributed by atoms with van der Waals surface area (Å²) in [5, 5.41) is 9.07. The molecule has 0 fully saturated rings. The Morgan fingerprint density at radius 2 is 1.79 bits per heavy atom. The van der Waals surface area contributed by atoms with Gasteiger partial charge in [0.05, 0.1) is 11.4 Å². The monoisotopic (exact) mass is 334 g/mol. The maximum absolute atomic E-state index is 12.5. The highest BCUT2D eigenvalue weighted by atomic mass is 16.6. The Morgan fingerprint density at radius 1 is 1.17 bits per heavy atom.